The van der Waals surface area contributed by atoms with E-state index < -0.39 is 40.6 Å². The van der Waals surface area contributed by atoms with Gasteiger partial charge in [-0.05, 0) is 0 Å². The molecule has 1 heterocycles. The molecular formula is C12H8F5N3O. The van der Waals surface area contributed by atoms with Crippen LogP contribution < -0.4 is 0 Å². The fourth-order valence-electron chi connectivity index (χ4n) is 1.69. The van der Waals surface area contributed by atoms with Crippen LogP contribution in [-0.4, -0.2) is 28.1 Å². The molecular weight excluding hydrogens is 297 g/mol. The predicted octanol–water partition coefficient (Wildman–Crippen LogP) is 2.38. The molecule has 0 atom stereocenters. The van der Waals surface area contributed by atoms with Gasteiger partial charge in [0.15, 0.2) is 23.3 Å². The molecule has 21 heavy (non-hydrogen) atoms. The third kappa shape index (κ3) is 2.58. The summed E-state index contributed by atoms with van der Waals surface area (Å²) in [6.45, 7) is -0.116. The Labute approximate surface area is 115 Å². The third-order valence-corrected chi connectivity index (χ3v) is 2.74. The fraction of sp³-hybridized carbons (Fsp3) is 0.167. The first-order chi connectivity index (χ1) is 9.84. The molecule has 0 aliphatic heterocycles. The lowest BCUT2D eigenvalue weighted by Gasteiger charge is -2.17. The van der Waals surface area contributed by atoms with Crippen molar-refractivity contribution in [1.82, 2.24) is 15.1 Å². The topological polar surface area (TPSA) is 49.0 Å². The Morgan fingerprint density at radius 2 is 1.62 bits per heavy atom. The molecule has 0 bridgehead atoms. The summed E-state index contributed by atoms with van der Waals surface area (Å²) in [4.78, 5) is 12.7. The molecule has 9 heteroatoms. The van der Waals surface area contributed by atoms with E-state index in [1.807, 2.05) is 0 Å². The number of nitrogens with one attached hydrogen (secondary N) is 1. The Bertz CT molecular complexity index is 658. The quantitative estimate of drug-likeness (QED) is 0.538. The zero-order valence-electron chi connectivity index (χ0n) is 10.6. The second-order valence-corrected chi connectivity index (χ2v) is 4.21. The van der Waals surface area contributed by atoms with Crippen LogP contribution in [0.25, 0.3) is 0 Å². The Balaban J connectivity index is 2.39. The molecule has 4 nitrogen and oxygen atoms in total. The molecule has 0 saturated heterocycles. The summed E-state index contributed by atoms with van der Waals surface area (Å²) < 4.78 is 66.0. The first-order valence-electron chi connectivity index (χ1n) is 5.59. The predicted molar refractivity (Wildman–Crippen MR) is 60.6 cm³/mol. The molecule has 2 rings (SSSR count). The Kier molecular flexibility index (Phi) is 3.92. The van der Waals surface area contributed by atoms with E-state index in [1.165, 1.54) is 12.4 Å². The highest BCUT2D eigenvalue weighted by Gasteiger charge is 2.31. The van der Waals surface area contributed by atoms with E-state index in [-0.39, 0.29) is 6.54 Å². The minimum atomic E-state index is -2.31. The molecule has 0 spiro atoms. The molecule has 1 N–H and O–H groups in total. The van der Waals surface area contributed by atoms with Crippen molar-refractivity contribution >= 4 is 5.91 Å². The summed E-state index contributed by atoms with van der Waals surface area (Å²) in [5, 5.41) is 6.06. The first-order valence-corrected chi connectivity index (χ1v) is 5.59. The van der Waals surface area contributed by atoms with Gasteiger partial charge in [0.1, 0.15) is 5.56 Å². The number of hydrogen-bond acceptors (Lipinski definition) is 2. The van der Waals surface area contributed by atoms with E-state index in [2.05, 4.69) is 10.2 Å². The van der Waals surface area contributed by atoms with Gasteiger partial charge in [0.2, 0.25) is 5.82 Å². The monoisotopic (exact) mass is 305 g/mol. The van der Waals surface area contributed by atoms with E-state index in [4.69, 9.17) is 0 Å². The number of amides is 1. The zero-order chi connectivity index (χ0) is 15.7. The molecule has 1 aromatic carbocycles. The smallest absolute Gasteiger partial charge is 0.260 e. The molecule has 0 aliphatic rings. The van der Waals surface area contributed by atoms with Crippen LogP contribution in [0.1, 0.15) is 15.9 Å². The number of halogens is 5. The zero-order valence-corrected chi connectivity index (χ0v) is 10.6. The summed E-state index contributed by atoms with van der Waals surface area (Å²) in [6.07, 6.45) is 2.77. The minimum absolute atomic E-state index is 0.116. The average molecular weight is 305 g/mol. The average Bonchev–Trinajstić information content (AvgIpc) is 2.96. The van der Waals surface area contributed by atoms with Gasteiger partial charge in [-0.25, -0.2) is 22.0 Å². The normalized spacial score (nSPS) is 10.8. The van der Waals surface area contributed by atoms with E-state index >= 15 is 0 Å². The number of hydrogen-bond donors (Lipinski definition) is 1. The number of aromatic amines is 1. The van der Waals surface area contributed by atoms with Crippen molar-refractivity contribution in [3.05, 3.63) is 52.6 Å². The Hall–Kier alpha value is -2.45. The van der Waals surface area contributed by atoms with Gasteiger partial charge in [-0.3, -0.25) is 9.89 Å². The van der Waals surface area contributed by atoms with Gasteiger partial charge in [-0.1, -0.05) is 0 Å². The highest BCUT2D eigenvalue weighted by Crippen LogP contribution is 2.24. The van der Waals surface area contributed by atoms with Crippen LogP contribution in [-0.2, 0) is 6.54 Å². The van der Waals surface area contributed by atoms with Crippen LogP contribution in [0.2, 0.25) is 0 Å². The van der Waals surface area contributed by atoms with Crippen molar-refractivity contribution in [2.75, 3.05) is 7.05 Å². The van der Waals surface area contributed by atoms with E-state index in [0.717, 1.165) is 11.9 Å². The van der Waals surface area contributed by atoms with Crippen molar-refractivity contribution in [3.8, 4) is 0 Å². The summed E-state index contributed by atoms with van der Waals surface area (Å²) >= 11 is 0. The molecule has 1 amide bonds. The molecule has 0 fully saturated rings. The van der Waals surface area contributed by atoms with Gasteiger partial charge < -0.3 is 4.90 Å². The minimum Gasteiger partial charge on any atom is -0.337 e. The van der Waals surface area contributed by atoms with Gasteiger partial charge in [0.05, 0.1) is 6.20 Å². The van der Waals surface area contributed by atoms with Gasteiger partial charge in [-0.2, -0.15) is 5.10 Å². The largest absolute Gasteiger partial charge is 0.337 e. The number of nitrogens with zero attached hydrogens (tertiary/aromatic N) is 2. The number of carbonyl (C=O) groups is 1. The second kappa shape index (κ2) is 5.51. The first kappa shape index (κ1) is 14.9. The van der Waals surface area contributed by atoms with Crippen LogP contribution in [0, 0.1) is 29.1 Å². The van der Waals surface area contributed by atoms with Gasteiger partial charge in [0.25, 0.3) is 5.91 Å². The third-order valence-electron chi connectivity index (χ3n) is 2.74. The maximum Gasteiger partial charge on any atom is 0.260 e. The summed E-state index contributed by atoms with van der Waals surface area (Å²) in [7, 11) is 1.16. The lowest BCUT2D eigenvalue weighted by Crippen LogP contribution is -2.29. The van der Waals surface area contributed by atoms with Crippen LogP contribution in [0.3, 0.4) is 0 Å². The molecule has 0 aliphatic carbocycles. The van der Waals surface area contributed by atoms with Crippen LogP contribution in [0.15, 0.2) is 12.4 Å². The van der Waals surface area contributed by atoms with Crippen molar-refractivity contribution in [3.63, 3.8) is 0 Å². The maximum absolute atomic E-state index is 13.5. The van der Waals surface area contributed by atoms with E-state index in [0.29, 0.717) is 5.56 Å². The van der Waals surface area contributed by atoms with Crippen molar-refractivity contribution in [1.29, 1.82) is 0 Å². The lowest BCUT2D eigenvalue weighted by atomic mass is 10.1. The molecule has 0 radical (unpaired) electrons. The number of H-pyrrole nitrogens is 1. The molecule has 112 valence electrons. The maximum atomic E-state index is 13.5. The van der Waals surface area contributed by atoms with Crippen molar-refractivity contribution in [2.24, 2.45) is 0 Å². The summed E-state index contributed by atoms with van der Waals surface area (Å²) in [6, 6.07) is 0. The van der Waals surface area contributed by atoms with E-state index in [1.54, 1.807) is 0 Å². The SMILES string of the molecule is CN(Cc1cn[nH]c1)C(=O)c1c(F)c(F)c(F)c(F)c1F. The van der Waals surface area contributed by atoms with Crippen molar-refractivity contribution < 1.29 is 26.7 Å². The Morgan fingerprint density at radius 1 is 1.10 bits per heavy atom. The van der Waals surface area contributed by atoms with Gasteiger partial charge >= 0.3 is 0 Å². The number of rotatable bonds is 3. The second-order valence-electron chi connectivity index (χ2n) is 4.21. The van der Waals surface area contributed by atoms with E-state index in [9.17, 15) is 26.7 Å². The molecule has 2 aromatic rings. The van der Waals surface area contributed by atoms with Gasteiger partial charge in [0, 0.05) is 25.4 Å². The number of benzene rings is 1. The van der Waals surface area contributed by atoms with Crippen LogP contribution in [0.4, 0.5) is 22.0 Å². The molecule has 0 unspecified atom stereocenters. The number of carbonyl (C=O) groups excluding carboxylic acids is 1. The standard InChI is InChI=1S/C12H8F5N3O/c1-20(4-5-2-18-19-3-5)12(21)6-7(13)9(15)11(17)10(16)8(6)14/h2-3H,4H2,1H3,(H,18,19). The molecule has 1 aromatic heterocycles. The summed E-state index contributed by atoms with van der Waals surface area (Å²) in [5.41, 5.74) is -0.993. The van der Waals surface area contributed by atoms with Crippen LogP contribution >= 0.6 is 0 Å². The molecule has 0 saturated carbocycles. The number of aromatic nitrogens is 2. The van der Waals surface area contributed by atoms with Gasteiger partial charge in [-0.15, -0.1) is 0 Å². The Morgan fingerprint density at radius 3 is 2.10 bits per heavy atom. The highest BCUT2D eigenvalue weighted by molar-refractivity contribution is 5.94. The highest BCUT2D eigenvalue weighted by atomic mass is 19.2. The van der Waals surface area contributed by atoms with Crippen molar-refractivity contribution in [2.45, 2.75) is 6.54 Å². The van der Waals surface area contributed by atoms with Crippen LogP contribution in [0.5, 0.6) is 0 Å². The lowest BCUT2D eigenvalue weighted by molar-refractivity contribution is 0.0772. The summed E-state index contributed by atoms with van der Waals surface area (Å²) in [5.74, 6) is -12.3. The fourth-order valence-corrected chi connectivity index (χ4v) is 1.69.